The number of amides is 2. The van der Waals surface area contributed by atoms with Gasteiger partial charge in [-0.25, -0.2) is 0 Å². The van der Waals surface area contributed by atoms with Crippen molar-refractivity contribution in [2.75, 3.05) is 18.6 Å². The number of hydrogen-bond acceptors (Lipinski definition) is 3. The Morgan fingerprint density at radius 2 is 1.89 bits per heavy atom. The van der Waals surface area contributed by atoms with Crippen molar-refractivity contribution in [3.63, 3.8) is 0 Å². The third-order valence-corrected chi connectivity index (χ3v) is 3.65. The van der Waals surface area contributed by atoms with Crippen molar-refractivity contribution < 1.29 is 9.59 Å². The number of carbonyl (C=O) groups excluding carboxylic acids is 2. The minimum absolute atomic E-state index is 0.0811. The smallest absolute Gasteiger partial charge is 0.227 e. The molecule has 2 amide bonds. The second-order valence-electron chi connectivity index (χ2n) is 4.50. The summed E-state index contributed by atoms with van der Waals surface area (Å²) < 4.78 is 0. The molecule has 0 saturated carbocycles. The van der Waals surface area contributed by atoms with Crippen LogP contribution < -0.4 is 5.73 Å². The summed E-state index contributed by atoms with van der Waals surface area (Å²) in [7, 11) is 1.79. The molecule has 0 heterocycles. The maximum atomic E-state index is 11.9. The van der Waals surface area contributed by atoms with Gasteiger partial charge in [0, 0.05) is 25.8 Å². The normalized spacial score (nSPS) is 10.2. The fourth-order valence-corrected chi connectivity index (χ4v) is 2.24. The molecule has 0 aliphatic carbocycles. The third kappa shape index (κ3) is 6.29. The van der Waals surface area contributed by atoms with E-state index in [9.17, 15) is 9.59 Å². The molecule has 5 heteroatoms. The van der Waals surface area contributed by atoms with Crippen molar-refractivity contribution in [1.82, 2.24) is 4.90 Å². The second-order valence-corrected chi connectivity index (χ2v) is 5.61. The average Bonchev–Trinajstić information content (AvgIpc) is 2.36. The number of thioether (sulfide) groups is 1. The molecule has 104 valence electrons. The van der Waals surface area contributed by atoms with Crippen LogP contribution in [0.3, 0.4) is 0 Å². The van der Waals surface area contributed by atoms with Crippen LogP contribution in [-0.2, 0) is 16.1 Å². The Labute approximate surface area is 118 Å². The Hall–Kier alpha value is -1.49. The Balaban J connectivity index is 2.32. The number of rotatable bonds is 7. The monoisotopic (exact) mass is 280 g/mol. The Morgan fingerprint density at radius 3 is 2.47 bits per heavy atom. The predicted octanol–water partition coefficient (Wildman–Crippen LogP) is 1.56. The summed E-state index contributed by atoms with van der Waals surface area (Å²) in [5.41, 5.74) is 7.35. The Morgan fingerprint density at radius 1 is 1.26 bits per heavy atom. The molecule has 1 aromatic carbocycles. The third-order valence-electron chi connectivity index (χ3n) is 2.67. The highest BCUT2D eigenvalue weighted by molar-refractivity contribution is 7.99. The van der Waals surface area contributed by atoms with Crippen molar-refractivity contribution in [1.29, 1.82) is 0 Å². The summed E-state index contributed by atoms with van der Waals surface area (Å²) in [5, 5.41) is 0. The molecule has 0 radical (unpaired) electrons. The lowest BCUT2D eigenvalue weighted by atomic mass is 10.1. The van der Waals surface area contributed by atoms with Crippen molar-refractivity contribution in [3.05, 3.63) is 35.4 Å². The molecule has 2 N–H and O–H groups in total. The largest absolute Gasteiger partial charge is 0.369 e. The first-order valence-corrected chi connectivity index (χ1v) is 7.30. The van der Waals surface area contributed by atoms with Crippen LogP contribution in [0.15, 0.2) is 24.3 Å². The van der Waals surface area contributed by atoms with Gasteiger partial charge in [0.05, 0.1) is 5.75 Å². The van der Waals surface area contributed by atoms with Crippen LogP contribution in [0.2, 0.25) is 0 Å². The first-order valence-electron chi connectivity index (χ1n) is 6.14. The molecule has 0 aliphatic heterocycles. The van der Waals surface area contributed by atoms with E-state index in [1.807, 2.05) is 31.2 Å². The maximum Gasteiger partial charge on any atom is 0.227 e. The molecule has 4 nitrogen and oxygen atoms in total. The zero-order valence-corrected chi connectivity index (χ0v) is 12.2. The maximum absolute atomic E-state index is 11.9. The van der Waals surface area contributed by atoms with Gasteiger partial charge < -0.3 is 10.6 Å². The van der Waals surface area contributed by atoms with E-state index in [0.717, 1.165) is 5.56 Å². The van der Waals surface area contributed by atoms with Gasteiger partial charge in [-0.3, -0.25) is 9.59 Å². The molecule has 0 unspecified atom stereocenters. The van der Waals surface area contributed by atoms with Crippen molar-refractivity contribution >= 4 is 23.6 Å². The summed E-state index contributed by atoms with van der Waals surface area (Å²) in [6.07, 6.45) is 0.431. The molecule has 1 rings (SSSR count). The Kier molecular flexibility index (Phi) is 6.42. The standard InChI is InChI=1S/C14H20N2O2S/c1-11-3-5-12(6-4-11)9-16(2)14(18)7-8-19-10-13(15)17/h3-6H,7-10H2,1-2H3,(H2,15,17). The van der Waals surface area contributed by atoms with E-state index in [2.05, 4.69) is 0 Å². The summed E-state index contributed by atoms with van der Waals surface area (Å²) in [4.78, 5) is 24.1. The van der Waals surface area contributed by atoms with Gasteiger partial charge in [-0.1, -0.05) is 29.8 Å². The molecular weight excluding hydrogens is 260 g/mol. The molecule has 0 aromatic heterocycles. The van der Waals surface area contributed by atoms with Crippen LogP contribution in [0.5, 0.6) is 0 Å². The number of hydrogen-bond donors (Lipinski definition) is 1. The number of benzene rings is 1. The lowest BCUT2D eigenvalue weighted by Crippen LogP contribution is -2.26. The van der Waals surface area contributed by atoms with E-state index >= 15 is 0 Å². The van der Waals surface area contributed by atoms with Gasteiger partial charge in [0.2, 0.25) is 11.8 Å². The predicted molar refractivity (Wildman–Crippen MR) is 78.8 cm³/mol. The number of aryl methyl sites for hydroxylation is 1. The van der Waals surface area contributed by atoms with Crippen LogP contribution in [0, 0.1) is 6.92 Å². The number of nitrogens with two attached hydrogens (primary N) is 1. The lowest BCUT2D eigenvalue weighted by Gasteiger charge is -2.17. The van der Waals surface area contributed by atoms with Gasteiger partial charge in [0.25, 0.3) is 0 Å². The van der Waals surface area contributed by atoms with E-state index in [1.165, 1.54) is 17.3 Å². The summed E-state index contributed by atoms with van der Waals surface area (Å²) in [6.45, 7) is 2.65. The highest BCUT2D eigenvalue weighted by atomic mass is 32.2. The summed E-state index contributed by atoms with van der Waals surface area (Å²) >= 11 is 1.39. The highest BCUT2D eigenvalue weighted by Crippen LogP contribution is 2.08. The van der Waals surface area contributed by atoms with Crippen LogP contribution in [-0.4, -0.2) is 35.3 Å². The zero-order valence-electron chi connectivity index (χ0n) is 11.4. The first-order chi connectivity index (χ1) is 8.99. The van der Waals surface area contributed by atoms with Crippen molar-refractivity contribution in [3.8, 4) is 0 Å². The van der Waals surface area contributed by atoms with Gasteiger partial charge in [-0.05, 0) is 12.5 Å². The topological polar surface area (TPSA) is 63.4 Å². The summed E-state index contributed by atoms with van der Waals surface area (Å²) in [6, 6.07) is 8.13. The molecule has 0 spiro atoms. The molecule has 19 heavy (non-hydrogen) atoms. The quantitative estimate of drug-likeness (QED) is 0.771. The molecule has 0 atom stereocenters. The fraction of sp³-hybridized carbons (Fsp3) is 0.429. The van der Waals surface area contributed by atoms with Crippen LogP contribution >= 0.6 is 11.8 Å². The molecule has 0 fully saturated rings. The van der Waals surface area contributed by atoms with E-state index in [1.54, 1.807) is 11.9 Å². The van der Waals surface area contributed by atoms with Gasteiger partial charge in [-0.15, -0.1) is 0 Å². The van der Waals surface area contributed by atoms with Gasteiger partial charge in [0.15, 0.2) is 0 Å². The molecular formula is C14H20N2O2S. The average molecular weight is 280 g/mol. The first kappa shape index (κ1) is 15.6. The summed E-state index contributed by atoms with van der Waals surface area (Å²) in [5.74, 6) is 0.637. The lowest BCUT2D eigenvalue weighted by molar-refractivity contribution is -0.130. The van der Waals surface area contributed by atoms with Gasteiger partial charge >= 0.3 is 0 Å². The molecule has 0 saturated heterocycles. The van der Waals surface area contributed by atoms with E-state index < -0.39 is 0 Å². The Bertz CT molecular complexity index is 432. The minimum atomic E-state index is -0.342. The number of nitrogens with zero attached hydrogens (tertiary/aromatic N) is 1. The highest BCUT2D eigenvalue weighted by Gasteiger charge is 2.09. The SMILES string of the molecule is Cc1ccc(CN(C)C(=O)CCSCC(N)=O)cc1. The number of primary amides is 1. The van der Waals surface area contributed by atoms with Crippen LogP contribution in [0.25, 0.3) is 0 Å². The van der Waals surface area contributed by atoms with E-state index in [4.69, 9.17) is 5.73 Å². The zero-order chi connectivity index (χ0) is 14.3. The molecule has 1 aromatic rings. The number of carbonyl (C=O) groups is 2. The van der Waals surface area contributed by atoms with E-state index in [0.29, 0.717) is 18.7 Å². The van der Waals surface area contributed by atoms with Gasteiger partial charge in [0.1, 0.15) is 0 Å². The van der Waals surface area contributed by atoms with Crippen LogP contribution in [0.4, 0.5) is 0 Å². The minimum Gasteiger partial charge on any atom is -0.369 e. The van der Waals surface area contributed by atoms with Crippen molar-refractivity contribution in [2.45, 2.75) is 19.9 Å². The van der Waals surface area contributed by atoms with Crippen molar-refractivity contribution in [2.24, 2.45) is 5.73 Å². The van der Waals surface area contributed by atoms with Crippen LogP contribution in [0.1, 0.15) is 17.5 Å². The second kappa shape index (κ2) is 7.84. The van der Waals surface area contributed by atoms with E-state index in [-0.39, 0.29) is 17.6 Å². The fourth-order valence-electron chi connectivity index (χ4n) is 1.58. The van der Waals surface area contributed by atoms with Gasteiger partial charge in [-0.2, -0.15) is 11.8 Å². The molecule has 0 aliphatic rings. The molecule has 0 bridgehead atoms.